The molecule has 0 bridgehead atoms. The van der Waals surface area contributed by atoms with Crippen LogP contribution in [0, 0.1) is 12.8 Å². The number of aromatic nitrogens is 3. The molecule has 1 amide bonds. The number of H-pyrrole nitrogens is 1. The van der Waals surface area contributed by atoms with Gasteiger partial charge in [0.15, 0.2) is 5.82 Å². The van der Waals surface area contributed by atoms with Crippen molar-refractivity contribution < 1.29 is 4.79 Å². The Hall–Kier alpha value is -1.39. The van der Waals surface area contributed by atoms with Gasteiger partial charge < -0.3 is 4.90 Å². The van der Waals surface area contributed by atoms with Crippen LogP contribution in [0.15, 0.2) is 0 Å². The summed E-state index contributed by atoms with van der Waals surface area (Å²) in [5.74, 6) is 1.94. The highest BCUT2D eigenvalue weighted by Gasteiger charge is 2.32. The first-order valence-electron chi connectivity index (χ1n) is 4.79. The van der Waals surface area contributed by atoms with Gasteiger partial charge in [0.05, 0.1) is 6.54 Å². The van der Waals surface area contributed by atoms with E-state index in [4.69, 9.17) is 0 Å². The zero-order chi connectivity index (χ0) is 10.1. The Morgan fingerprint density at radius 2 is 2.36 bits per heavy atom. The third kappa shape index (κ3) is 1.92. The van der Waals surface area contributed by atoms with E-state index in [9.17, 15) is 4.79 Å². The van der Waals surface area contributed by atoms with Gasteiger partial charge in [0, 0.05) is 13.0 Å². The lowest BCUT2D eigenvalue weighted by molar-refractivity contribution is -0.131. The van der Waals surface area contributed by atoms with Gasteiger partial charge in [-0.2, -0.15) is 5.10 Å². The van der Waals surface area contributed by atoms with Crippen molar-refractivity contribution in [2.75, 3.05) is 7.05 Å². The summed E-state index contributed by atoms with van der Waals surface area (Å²) in [6, 6.07) is 0. The standard InChI is InChI=1S/C9H14N4O/c1-6-10-8(12-11-6)5-13(2)9(14)7-3-4-7/h7H,3-5H2,1-2H3,(H,10,11,12). The average molecular weight is 194 g/mol. The minimum Gasteiger partial charge on any atom is -0.338 e. The second kappa shape index (κ2) is 3.40. The SMILES string of the molecule is Cc1nc(CN(C)C(=O)C2CC2)n[nH]1. The van der Waals surface area contributed by atoms with Gasteiger partial charge in [0.2, 0.25) is 5.91 Å². The van der Waals surface area contributed by atoms with Gasteiger partial charge in [-0.05, 0) is 19.8 Å². The maximum Gasteiger partial charge on any atom is 0.225 e. The molecule has 76 valence electrons. The Morgan fingerprint density at radius 3 is 2.86 bits per heavy atom. The third-order valence-corrected chi connectivity index (χ3v) is 2.32. The Balaban J connectivity index is 1.93. The predicted octanol–water partition coefficient (Wildman–Crippen LogP) is 0.482. The van der Waals surface area contributed by atoms with Crippen molar-refractivity contribution in [1.82, 2.24) is 20.1 Å². The molecule has 5 nitrogen and oxygen atoms in total. The molecule has 1 aliphatic rings. The van der Waals surface area contributed by atoms with Gasteiger partial charge in [-0.1, -0.05) is 0 Å². The Labute approximate surface area is 82.5 Å². The van der Waals surface area contributed by atoms with Gasteiger partial charge in [-0.3, -0.25) is 9.89 Å². The van der Waals surface area contributed by atoms with Crippen molar-refractivity contribution in [3.05, 3.63) is 11.6 Å². The molecule has 0 aliphatic heterocycles. The molecule has 2 rings (SSSR count). The van der Waals surface area contributed by atoms with Crippen molar-refractivity contribution in [1.29, 1.82) is 0 Å². The van der Waals surface area contributed by atoms with Crippen molar-refractivity contribution in [2.45, 2.75) is 26.3 Å². The molecule has 1 fully saturated rings. The lowest BCUT2D eigenvalue weighted by Gasteiger charge is -2.14. The molecule has 1 N–H and O–H groups in total. The second-order valence-corrected chi connectivity index (χ2v) is 3.81. The molecule has 1 saturated carbocycles. The van der Waals surface area contributed by atoms with E-state index >= 15 is 0 Å². The molecular weight excluding hydrogens is 180 g/mol. The third-order valence-electron chi connectivity index (χ3n) is 2.32. The lowest BCUT2D eigenvalue weighted by atomic mass is 10.3. The molecule has 0 spiro atoms. The molecule has 1 aromatic heterocycles. The van der Waals surface area contributed by atoms with Gasteiger partial charge in [0.1, 0.15) is 5.82 Å². The van der Waals surface area contributed by atoms with E-state index in [1.807, 2.05) is 6.92 Å². The van der Waals surface area contributed by atoms with Crippen LogP contribution in [0.2, 0.25) is 0 Å². The van der Waals surface area contributed by atoms with E-state index in [-0.39, 0.29) is 11.8 Å². The number of nitrogens with one attached hydrogen (secondary N) is 1. The Morgan fingerprint density at radius 1 is 1.64 bits per heavy atom. The summed E-state index contributed by atoms with van der Waals surface area (Å²) in [4.78, 5) is 17.4. The molecule has 0 unspecified atom stereocenters. The summed E-state index contributed by atoms with van der Waals surface area (Å²) in [5.41, 5.74) is 0. The Kier molecular flexibility index (Phi) is 2.23. The average Bonchev–Trinajstić information content (AvgIpc) is 2.91. The first-order chi connectivity index (χ1) is 6.66. The smallest absolute Gasteiger partial charge is 0.225 e. The quantitative estimate of drug-likeness (QED) is 0.761. The van der Waals surface area contributed by atoms with E-state index in [2.05, 4.69) is 15.2 Å². The fourth-order valence-electron chi connectivity index (χ4n) is 1.39. The topological polar surface area (TPSA) is 61.9 Å². The first kappa shape index (κ1) is 9.18. The number of carbonyl (C=O) groups excluding carboxylic acids is 1. The van der Waals surface area contributed by atoms with Gasteiger partial charge in [0.25, 0.3) is 0 Å². The van der Waals surface area contributed by atoms with Crippen molar-refractivity contribution >= 4 is 5.91 Å². The number of nitrogens with zero attached hydrogens (tertiary/aromatic N) is 3. The highest BCUT2D eigenvalue weighted by molar-refractivity contribution is 5.80. The molecule has 0 atom stereocenters. The zero-order valence-electron chi connectivity index (χ0n) is 8.45. The molecule has 1 heterocycles. The normalized spacial score (nSPS) is 15.6. The van der Waals surface area contributed by atoms with E-state index in [0.29, 0.717) is 12.4 Å². The molecule has 14 heavy (non-hydrogen) atoms. The molecule has 5 heteroatoms. The van der Waals surface area contributed by atoms with Crippen molar-refractivity contribution in [3.8, 4) is 0 Å². The van der Waals surface area contributed by atoms with Crippen LogP contribution in [0.4, 0.5) is 0 Å². The van der Waals surface area contributed by atoms with Gasteiger partial charge >= 0.3 is 0 Å². The minimum absolute atomic E-state index is 0.215. The molecule has 1 aromatic rings. The lowest BCUT2D eigenvalue weighted by Crippen LogP contribution is -2.27. The fourth-order valence-corrected chi connectivity index (χ4v) is 1.39. The van der Waals surface area contributed by atoms with Crippen molar-refractivity contribution in [2.24, 2.45) is 5.92 Å². The van der Waals surface area contributed by atoms with Gasteiger partial charge in [-0.25, -0.2) is 4.98 Å². The van der Waals surface area contributed by atoms with Crippen LogP contribution in [-0.4, -0.2) is 33.0 Å². The van der Waals surface area contributed by atoms with E-state index < -0.39 is 0 Å². The van der Waals surface area contributed by atoms with E-state index in [1.54, 1.807) is 11.9 Å². The van der Waals surface area contributed by atoms with Crippen LogP contribution in [0.5, 0.6) is 0 Å². The summed E-state index contributed by atoms with van der Waals surface area (Å²) in [7, 11) is 1.80. The highest BCUT2D eigenvalue weighted by Crippen LogP contribution is 2.30. The maximum absolute atomic E-state index is 11.6. The number of hydrogen-bond donors (Lipinski definition) is 1. The van der Waals surface area contributed by atoms with Crippen LogP contribution in [0.25, 0.3) is 0 Å². The largest absolute Gasteiger partial charge is 0.338 e. The summed E-state index contributed by atoms with van der Waals surface area (Å²) in [6.07, 6.45) is 2.08. The number of carbonyl (C=O) groups is 1. The number of aryl methyl sites for hydroxylation is 1. The van der Waals surface area contributed by atoms with Crippen LogP contribution in [-0.2, 0) is 11.3 Å². The van der Waals surface area contributed by atoms with Gasteiger partial charge in [-0.15, -0.1) is 0 Å². The maximum atomic E-state index is 11.6. The van der Waals surface area contributed by atoms with E-state index in [1.165, 1.54) is 0 Å². The minimum atomic E-state index is 0.215. The monoisotopic (exact) mass is 194 g/mol. The molecule has 1 aliphatic carbocycles. The molecule has 0 aromatic carbocycles. The number of aromatic amines is 1. The van der Waals surface area contributed by atoms with E-state index in [0.717, 1.165) is 18.7 Å². The van der Waals surface area contributed by atoms with Crippen molar-refractivity contribution in [3.63, 3.8) is 0 Å². The summed E-state index contributed by atoms with van der Waals surface area (Å²) >= 11 is 0. The molecular formula is C9H14N4O. The van der Waals surface area contributed by atoms with Crippen LogP contribution in [0.1, 0.15) is 24.5 Å². The summed E-state index contributed by atoms with van der Waals surface area (Å²) < 4.78 is 0. The second-order valence-electron chi connectivity index (χ2n) is 3.81. The summed E-state index contributed by atoms with van der Waals surface area (Å²) in [6.45, 7) is 2.35. The highest BCUT2D eigenvalue weighted by atomic mass is 16.2. The predicted molar refractivity (Wildman–Crippen MR) is 50.3 cm³/mol. The Bertz CT molecular complexity index is 342. The fraction of sp³-hybridized carbons (Fsp3) is 0.667. The number of hydrogen-bond acceptors (Lipinski definition) is 3. The molecule has 0 radical (unpaired) electrons. The van der Waals surface area contributed by atoms with Crippen LogP contribution in [0.3, 0.4) is 0 Å². The molecule has 0 saturated heterocycles. The summed E-state index contributed by atoms with van der Waals surface area (Å²) in [5, 5.41) is 6.75. The van der Waals surface area contributed by atoms with Crippen LogP contribution < -0.4 is 0 Å². The van der Waals surface area contributed by atoms with Crippen LogP contribution >= 0.6 is 0 Å². The number of rotatable bonds is 3. The zero-order valence-corrected chi connectivity index (χ0v) is 8.45. The first-order valence-corrected chi connectivity index (χ1v) is 4.79. The number of amides is 1.